The Morgan fingerprint density at radius 3 is 3.24 bits per heavy atom. The van der Waals surface area contributed by atoms with E-state index in [2.05, 4.69) is 28.7 Å². The Bertz CT molecular complexity index is 315. The predicted octanol–water partition coefficient (Wildman–Crippen LogP) is 1.73. The van der Waals surface area contributed by atoms with Crippen molar-refractivity contribution in [2.24, 2.45) is 5.73 Å². The molecule has 0 aliphatic carbocycles. The number of ether oxygens (including phenoxy) is 1. The largest absolute Gasteiger partial charge is 0.374 e. The van der Waals surface area contributed by atoms with Crippen molar-refractivity contribution in [3.05, 3.63) is 22.4 Å². The van der Waals surface area contributed by atoms with Gasteiger partial charge in [0.2, 0.25) is 0 Å². The van der Waals surface area contributed by atoms with Crippen LogP contribution in [0.15, 0.2) is 16.8 Å². The molecule has 96 valence electrons. The van der Waals surface area contributed by atoms with E-state index in [0.717, 1.165) is 39.1 Å². The second-order valence-electron chi connectivity index (χ2n) is 4.64. The second kappa shape index (κ2) is 6.50. The molecule has 1 aliphatic rings. The van der Waals surface area contributed by atoms with Gasteiger partial charge in [0.25, 0.3) is 0 Å². The molecule has 2 N–H and O–H groups in total. The molecule has 3 nitrogen and oxygen atoms in total. The molecule has 2 rings (SSSR count). The summed E-state index contributed by atoms with van der Waals surface area (Å²) in [5.41, 5.74) is 7.63. The van der Waals surface area contributed by atoms with Gasteiger partial charge in [-0.25, -0.2) is 0 Å². The van der Waals surface area contributed by atoms with E-state index >= 15 is 0 Å². The van der Waals surface area contributed by atoms with Crippen molar-refractivity contribution in [1.29, 1.82) is 0 Å². The van der Waals surface area contributed by atoms with Crippen molar-refractivity contribution in [3.63, 3.8) is 0 Å². The lowest BCUT2D eigenvalue weighted by atomic mass is 10.0. The van der Waals surface area contributed by atoms with Crippen LogP contribution in [-0.4, -0.2) is 43.3 Å². The third-order valence-electron chi connectivity index (χ3n) is 3.45. The van der Waals surface area contributed by atoms with E-state index in [9.17, 15) is 0 Å². The van der Waals surface area contributed by atoms with Crippen LogP contribution in [-0.2, 0) is 11.2 Å². The summed E-state index contributed by atoms with van der Waals surface area (Å²) in [4.78, 5) is 2.42. The molecule has 0 amide bonds. The highest BCUT2D eigenvalue weighted by Crippen LogP contribution is 2.14. The minimum Gasteiger partial charge on any atom is -0.374 e. The molecule has 0 radical (unpaired) electrons. The molecule has 1 fully saturated rings. The SMILES string of the molecule is CCN1CCOC(C(N)CCc2ccsc2)C1. The third kappa shape index (κ3) is 3.78. The van der Waals surface area contributed by atoms with Gasteiger partial charge in [0.05, 0.1) is 12.7 Å². The number of hydrogen-bond acceptors (Lipinski definition) is 4. The van der Waals surface area contributed by atoms with Gasteiger partial charge < -0.3 is 10.5 Å². The number of morpholine rings is 1. The topological polar surface area (TPSA) is 38.5 Å². The van der Waals surface area contributed by atoms with E-state index in [1.807, 2.05) is 0 Å². The summed E-state index contributed by atoms with van der Waals surface area (Å²) in [6.07, 6.45) is 2.29. The number of rotatable bonds is 5. The Morgan fingerprint density at radius 2 is 2.53 bits per heavy atom. The second-order valence-corrected chi connectivity index (χ2v) is 5.42. The highest BCUT2D eigenvalue weighted by atomic mass is 32.1. The lowest BCUT2D eigenvalue weighted by Crippen LogP contribution is -2.50. The van der Waals surface area contributed by atoms with Crippen molar-refractivity contribution in [1.82, 2.24) is 4.90 Å². The maximum Gasteiger partial charge on any atom is 0.0853 e. The van der Waals surface area contributed by atoms with Crippen LogP contribution in [0.25, 0.3) is 0 Å². The van der Waals surface area contributed by atoms with Crippen molar-refractivity contribution < 1.29 is 4.74 Å². The van der Waals surface area contributed by atoms with Crippen LogP contribution < -0.4 is 5.73 Å². The molecule has 0 saturated carbocycles. The van der Waals surface area contributed by atoms with Gasteiger partial charge in [0, 0.05) is 19.1 Å². The van der Waals surface area contributed by atoms with E-state index in [4.69, 9.17) is 10.5 Å². The number of thiophene rings is 1. The number of nitrogens with zero attached hydrogens (tertiary/aromatic N) is 1. The first-order valence-corrected chi connectivity index (χ1v) is 7.34. The lowest BCUT2D eigenvalue weighted by molar-refractivity contribution is -0.0397. The summed E-state index contributed by atoms with van der Waals surface area (Å²) < 4.78 is 5.78. The Labute approximate surface area is 108 Å². The molecule has 0 spiro atoms. The predicted molar refractivity (Wildman–Crippen MR) is 72.5 cm³/mol. The van der Waals surface area contributed by atoms with Gasteiger partial charge in [-0.05, 0) is 41.8 Å². The summed E-state index contributed by atoms with van der Waals surface area (Å²) in [5, 5.41) is 4.32. The molecular weight excluding hydrogens is 232 g/mol. The lowest BCUT2D eigenvalue weighted by Gasteiger charge is -2.35. The molecule has 0 aromatic carbocycles. The molecule has 1 aromatic heterocycles. The molecule has 1 saturated heterocycles. The minimum absolute atomic E-state index is 0.157. The van der Waals surface area contributed by atoms with E-state index < -0.39 is 0 Å². The summed E-state index contributed by atoms with van der Waals surface area (Å²) in [6, 6.07) is 2.33. The van der Waals surface area contributed by atoms with Crippen LogP contribution in [0, 0.1) is 0 Å². The van der Waals surface area contributed by atoms with E-state index in [1.165, 1.54) is 5.56 Å². The quantitative estimate of drug-likeness (QED) is 0.869. The summed E-state index contributed by atoms with van der Waals surface area (Å²) in [6.45, 7) is 6.15. The number of likely N-dealkylation sites (N-methyl/N-ethyl adjacent to an activating group) is 1. The van der Waals surface area contributed by atoms with Crippen molar-refractivity contribution in [2.75, 3.05) is 26.2 Å². The molecule has 1 aromatic rings. The highest BCUT2D eigenvalue weighted by molar-refractivity contribution is 7.07. The smallest absolute Gasteiger partial charge is 0.0853 e. The van der Waals surface area contributed by atoms with Gasteiger partial charge in [-0.15, -0.1) is 0 Å². The van der Waals surface area contributed by atoms with Crippen LogP contribution in [0.4, 0.5) is 0 Å². The minimum atomic E-state index is 0.157. The first-order chi connectivity index (χ1) is 8.29. The van der Waals surface area contributed by atoms with E-state index in [-0.39, 0.29) is 12.1 Å². The monoisotopic (exact) mass is 254 g/mol. The van der Waals surface area contributed by atoms with Crippen molar-refractivity contribution >= 4 is 11.3 Å². The van der Waals surface area contributed by atoms with Gasteiger partial charge >= 0.3 is 0 Å². The fourth-order valence-corrected chi connectivity index (χ4v) is 2.94. The van der Waals surface area contributed by atoms with Gasteiger partial charge in [0.1, 0.15) is 0 Å². The average Bonchev–Trinajstić information content (AvgIpc) is 2.89. The zero-order valence-corrected chi connectivity index (χ0v) is 11.3. The van der Waals surface area contributed by atoms with Crippen LogP contribution in [0.1, 0.15) is 18.9 Å². The van der Waals surface area contributed by atoms with E-state index in [0.29, 0.717) is 0 Å². The molecule has 0 bridgehead atoms. The molecule has 4 heteroatoms. The Balaban J connectivity index is 1.76. The normalized spacial score (nSPS) is 23.8. The zero-order valence-electron chi connectivity index (χ0n) is 10.5. The van der Waals surface area contributed by atoms with Crippen LogP contribution in [0.5, 0.6) is 0 Å². The fourth-order valence-electron chi connectivity index (χ4n) is 2.23. The summed E-state index contributed by atoms with van der Waals surface area (Å²) in [7, 11) is 0. The van der Waals surface area contributed by atoms with Crippen LogP contribution >= 0.6 is 11.3 Å². The average molecular weight is 254 g/mol. The Kier molecular flexibility index (Phi) is 4.98. The van der Waals surface area contributed by atoms with Gasteiger partial charge in [-0.3, -0.25) is 4.90 Å². The van der Waals surface area contributed by atoms with Crippen LogP contribution in [0.3, 0.4) is 0 Å². The molecule has 2 atom stereocenters. The van der Waals surface area contributed by atoms with Crippen molar-refractivity contribution in [2.45, 2.75) is 31.9 Å². The first-order valence-electron chi connectivity index (χ1n) is 6.40. The molecule has 2 heterocycles. The Hall–Kier alpha value is -0.420. The fraction of sp³-hybridized carbons (Fsp3) is 0.692. The van der Waals surface area contributed by atoms with Crippen molar-refractivity contribution in [3.8, 4) is 0 Å². The van der Waals surface area contributed by atoms with E-state index in [1.54, 1.807) is 11.3 Å². The highest BCUT2D eigenvalue weighted by Gasteiger charge is 2.24. The van der Waals surface area contributed by atoms with Gasteiger partial charge in [0.15, 0.2) is 0 Å². The molecular formula is C13H22N2OS. The molecule has 1 aliphatic heterocycles. The third-order valence-corrected chi connectivity index (χ3v) is 4.18. The maximum absolute atomic E-state index is 6.23. The number of aryl methyl sites for hydroxylation is 1. The number of hydrogen-bond donors (Lipinski definition) is 1. The first kappa shape index (κ1) is 13.0. The number of nitrogens with two attached hydrogens (primary N) is 1. The summed E-state index contributed by atoms with van der Waals surface area (Å²) >= 11 is 1.75. The standard InChI is InChI=1S/C13H22N2OS/c1-2-15-6-7-16-13(9-15)12(14)4-3-11-5-8-17-10-11/h5,8,10,12-13H,2-4,6-7,9,14H2,1H3. The molecule has 2 unspecified atom stereocenters. The molecule has 17 heavy (non-hydrogen) atoms. The van der Waals surface area contributed by atoms with Gasteiger partial charge in [-0.1, -0.05) is 6.92 Å². The maximum atomic E-state index is 6.23. The summed E-state index contributed by atoms with van der Waals surface area (Å²) in [5.74, 6) is 0. The van der Waals surface area contributed by atoms with Gasteiger partial charge in [-0.2, -0.15) is 11.3 Å². The van der Waals surface area contributed by atoms with Crippen LogP contribution in [0.2, 0.25) is 0 Å². The Morgan fingerprint density at radius 1 is 1.65 bits per heavy atom. The zero-order chi connectivity index (χ0) is 12.1.